The van der Waals surface area contributed by atoms with Crippen LogP contribution in [0.4, 0.5) is 5.82 Å². The topological polar surface area (TPSA) is 37.8 Å². The number of hydrogen-bond donors (Lipinski definition) is 1. The van der Waals surface area contributed by atoms with E-state index in [0.717, 1.165) is 30.3 Å². The molecule has 1 heterocycles. The minimum Gasteiger partial charge on any atom is -0.370 e. The Morgan fingerprint density at radius 2 is 2.14 bits per heavy atom. The van der Waals surface area contributed by atoms with Gasteiger partial charge >= 0.3 is 0 Å². The van der Waals surface area contributed by atoms with Crippen molar-refractivity contribution in [2.45, 2.75) is 27.2 Å². The van der Waals surface area contributed by atoms with Gasteiger partial charge in [0.05, 0.1) is 0 Å². The van der Waals surface area contributed by atoms with Gasteiger partial charge in [0.25, 0.3) is 0 Å². The summed E-state index contributed by atoms with van der Waals surface area (Å²) in [5.74, 6) is 1.71. The zero-order chi connectivity index (χ0) is 10.6. The van der Waals surface area contributed by atoms with Gasteiger partial charge in [-0.15, -0.1) is 6.58 Å². The van der Waals surface area contributed by atoms with Crippen molar-refractivity contribution in [2.24, 2.45) is 0 Å². The smallest absolute Gasteiger partial charge is 0.129 e. The molecule has 0 unspecified atom stereocenters. The van der Waals surface area contributed by atoms with Crippen LogP contribution in [0.15, 0.2) is 18.2 Å². The Morgan fingerprint density at radius 3 is 2.71 bits per heavy atom. The van der Waals surface area contributed by atoms with Crippen molar-refractivity contribution in [1.29, 1.82) is 0 Å². The lowest BCUT2D eigenvalue weighted by Gasteiger charge is -2.06. The Hall–Kier alpha value is -1.38. The van der Waals surface area contributed by atoms with Crippen molar-refractivity contribution in [1.82, 2.24) is 9.97 Å². The van der Waals surface area contributed by atoms with E-state index in [1.165, 1.54) is 5.57 Å². The van der Waals surface area contributed by atoms with E-state index in [4.69, 9.17) is 0 Å². The van der Waals surface area contributed by atoms with Crippen LogP contribution in [-0.4, -0.2) is 16.5 Å². The lowest BCUT2D eigenvalue weighted by atomic mass is 10.2. The molecule has 3 heteroatoms. The molecule has 1 aromatic rings. The van der Waals surface area contributed by atoms with Crippen molar-refractivity contribution in [2.75, 3.05) is 11.9 Å². The third kappa shape index (κ3) is 3.56. The molecule has 1 rings (SSSR count). The normalized spacial score (nSPS) is 9.93. The van der Waals surface area contributed by atoms with Crippen LogP contribution in [0.3, 0.4) is 0 Å². The number of aromatic nitrogens is 2. The zero-order valence-corrected chi connectivity index (χ0v) is 9.09. The first-order valence-corrected chi connectivity index (χ1v) is 4.78. The summed E-state index contributed by atoms with van der Waals surface area (Å²) in [5.41, 5.74) is 2.18. The van der Waals surface area contributed by atoms with Gasteiger partial charge in [0.2, 0.25) is 0 Å². The van der Waals surface area contributed by atoms with E-state index in [1.807, 2.05) is 26.8 Å². The average Bonchev–Trinajstić information content (AvgIpc) is 2.01. The number of nitrogens with one attached hydrogen (secondary N) is 1. The molecule has 0 saturated heterocycles. The molecule has 0 saturated carbocycles. The van der Waals surface area contributed by atoms with Crippen LogP contribution in [0, 0.1) is 13.8 Å². The van der Waals surface area contributed by atoms with E-state index < -0.39 is 0 Å². The minimum absolute atomic E-state index is 0.808. The molecule has 0 amide bonds. The number of nitrogens with zero attached hydrogens (tertiary/aromatic N) is 2. The molecular formula is C11H17N3. The maximum absolute atomic E-state index is 4.28. The number of anilines is 1. The van der Waals surface area contributed by atoms with E-state index >= 15 is 0 Å². The lowest BCUT2D eigenvalue weighted by Crippen LogP contribution is -2.05. The largest absolute Gasteiger partial charge is 0.370 e. The van der Waals surface area contributed by atoms with Gasteiger partial charge in [-0.05, 0) is 27.2 Å². The van der Waals surface area contributed by atoms with Crippen molar-refractivity contribution < 1.29 is 0 Å². The van der Waals surface area contributed by atoms with Crippen molar-refractivity contribution in [3.05, 3.63) is 29.7 Å². The zero-order valence-electron chi connectivity index (χ0n) is 9.09. The van der Waals surface area contributed by atoms with Crippen LogP contribution in [-0.2, 0) is 0 Å². The molecule has 0 aromatic carbocycles. The summed E-state index contributed by atoms with van der Waals surface area (Å²) >= 11 is 0. The van der Waals surface area contributed by atoms with E-state index in [0.29, 0.717) is 0 Å². The fourth-order valence-electron chi connectivity index (χ4n) is 1.21. The Morgan fingerprint density at radius 1 is 1.43 bits per heavy atom. The first kappa shape index (κ1) is 10.7. The first-order chi connectivity index (χ1) is 6.58. The van der Waals surface area contributed by atoms with Crippen molar-refractivity contribution in [3.8, 4) is 0 Å². The fraction of sp³-hybridized carbons (Fsp3) is 0.455. The quantitative estimate of drug-likeness (QED) is 0.743. The Bertz CT molecular complexity index is 311. The molecule has 76 valence electrons. The molecule has 0 spiro atoms. The maximum Gasteiger partial charge on any atom is 0.129 e. The van der Waals surface area contributed by atoms with Gasteiger partial charge in [-0.1, -0.05) is 5.57 Å². The molecule has 1 aromatic heterocycles. The van der Waals surface area contributed by atoms with Crippen LogP contribution < -0.4 is 5.32 Å². The molecule has 0 bridgehead atoms. The predicted molar refractivity (Wildman–Crippen MR) is 59.4 cm³/mol. The van der Waals surface area contributed by atoms with Gasteiger partial charge in [0.15, 0.2) is 0 Å². The molecular weight excluding hydrogens is 174 g/mol. The van der Waals surface area contributed by atoms with Gasteiger partial charge in [0.1, 0.15) is 11.6 Å². The second-order valence-electron chi connectivity index (χ2n) is 3.58. The highest BCUT2D eigenvalue weighted by Crippen LogP contribution is 2.06. The molecule has 0 aliphatic carbocycles. The highest BCUT2D eigenvalue weighted by molar-refractivity contribution is 5.35. The van der Waals surface area contributed by atoms with E-state index in [-0.39, 0.29) is 0 Å². The number of aryl methyl sites for hydroxylation is 2. The van der Waals surface area contributed by atoms with Crippen LogP contribution in [0.2, 0.25) is 0 Å². The van der Waals surface area contributed by atoms with Gasteiger partial charge in [-0.3, -0.25) is 0 Å². The van der Waals surface area contributed by atoms with Crippen LogP contribution in [0.1, 0.15) is 24.9 Å². The summed E-state index contributed by atoms with van der Waals surface area (Å²) < 4.78 is 0. The van der Waals surface area contributed by atoms with E-state index in [1.54, 1.807) is 0 Å². The molecule has 0 aliphatic heterocycles. The maximum atomic E-state index is 4.28. The minimum atomic E-state index is 0.808. The van der Waals surface area contributed by atoms with Crippen molar-refractivity contribution >= 4 is 5.82 Å². The standard InChI is InChI=1S/C11H17N3/c1-8(2)5-6-12-11-7-9(3)13-10(4)14-11/h7H,1,5-6H2,2-4H3,(H,12,13,14). The SMILES string of the molecule is C=C(C)CCNc1cc(C)nc(C)n1. The van der Waals surface area contributed by atoms with Gasteiger partial charge in [-0.2, -0.15) is 0 Å². The fourth-order valence-corrected chi connectivity index (χ4v) is 1.21. The van der Waals surface area contributed by atoms with E-state index in [9.17, 15) is 0 Å². The van der Waals surface area contributed by atoms with Gasteiger partial charge < -0.3 is 5.32 Å². The van der Waals surface area contributed by atoms with Crippen LogP contribution >= 0.6 is 0 Å². The third-order valence-electron chi connectivity index (χ3n) is 1.82. The van der Waals surface area contributed by atoms with Crippen LogP contribution in [0.5, 0.6) is 0 Å². The highest BCUT2D eigenvalue weighted by atomic mass is 15.0. The molecule has 0 radical (unpaired) electrons. The van der Waals surface area contributed by atoms with Gasteiger partial charge in [0, 0.05) is 18.3 Å². The summed E-state index contributed by atoms with van der Waals surface area (Å²) in [6.07, 6.45) is 0.974. The molecule has 14 heavy (non-hydrogen) atoms. The Kier molecular flexibility index (Phi) is 3.63. The summed E-state index contributed by atoms with van der Waals surface area (Å²) in [5, 5.41) is 3.25. The Balaban J connectivity index is 2.54. The number of hydrogen-bond acceptors (Lipinski definition) is 3. The second kappa shape index (κ2) is 4.74. The second-order valence-corrected chi connectivity index (χ2v) is 3.58. The summed E-state index contributed by atoms with van der Waals surface area (Å²) in [6, 6.07) is 1.95. The number of rotatable bonds is 4. The molecule has 0 atom stereocenters. The average molecular weight is 191 g/mol. The third-order valence-corrected chi connectivity index (χ3v) is 1.82. The van der Waals surface area contributed by atoms with Crippen molar-refractivity contribution in [3.63, 3.8) is 0 Å². The molecule has 3 nitrogen and oxygen atoms in total. The highest BCUT2D eigenvalue weighted by Gasteiger charge is 1.97. The predicted octanol–water partition coefficient (Wildman–Crippen LogP) is 2.47. The van der Waals surface area contributed by atoms with Crippen LogP contribution in [0.25, 0.3) is 0 Å². The molecule has 0 fully saturated rings. The summed E-state index contributed by atoms with van der Waals surface area (Å²) in [4.78, 5) is 8.49. The Labute approximate surface area is 85.3 Å². The van der Waals surface area contributed by atoms with Gasteiger partial charge in [-0.25, -0.2) is 9.97 Å². The summed E-state index contributed by atoms with van der Waals surface area (Å²) in [7, 11) is 0. The van der Waals surface area contributed by atoms with E-state index in [2.05, 4.69) is 21.9 Å². The monoisotopic (exact) mass is 191 g/mol. The molecule has 0 aliphatic rings. The lowest BCUT2D eigenvalue weighted by molar-refractivity contribution is 0.959. The first-order valence-electron chi connectivity index (χ1n) is 4.78. The summed E-state index contributed by atoms with van der Waals surface area (Å²) in [6.45, 7) is 10.6. The molecule has 1 N–H and O–H groups in total.